The molecule has 0 unspecified atom stereocenters. The zero-order valence-electron chi connectivity index (χ0n) is 16.4. The van der Waals surface area contributed by atoms with Gasteiger partial charge in [0.2, 0.25) is 0 Å². The van der Waals surface area contributed by atoms with E-state index in [1.807, 2.05) is 24.9 Å². The Hall–Kier alpha value is -2.83. The maximum atomic E-state index is 13.5. The van der Waals surface area contributed by atoms with Gasteiger partial charge < -0.3 is 15.6 Å². The number of fused-ring (bicyclic) bond motifs is 1. The summed E-state index contributed by atoms with van der Waals surface area (Å²) in [5, 5.41) is 12.0. The average Bonchev–Trinajstić information content (AvgIpc) is 3.15. The standard InChI is InChI=1S/C20H27FN6/c1-13-17(14(2)27(4)26-13)8-10-24-20(22-3)23-9-7-15-12-25-19-6-5-16(21)11-18(15)19/h5-6,11-12,25H,7-10H2,1-4H3,(H2,22,23,24). The van der Waals surface area contributed by atoms with Crippen LogP contribution in [0.1, 0.15) is 22.5 Å². The Morgan fingerprint density at radius 3 is 2.63 bits per heavy atom. The molecule has 0 saturated heterocycles. The number of rotatable bonds is 6. The van der Waals surface area contributed by atoms with Crippen molar-refractivity contribution in [2.75, 3.05) is 20.1 Å². The molecule has 144 valence electrons. The number of aryl methyl sites for hydroxylation is 2. The van der Waals surface area contributed by atoms with Gasteiger partial charge in [0.25, 0.3) is 0 Å². The summed E-state index contributed by atoms with van der Waals surface area (Å²) in [5.41, 5.74) is 5.60. The first-order valence-electron chi connectivity index (χ1n) is 9.18. The smallest absolute Gasteiger partial charge is 0.190 e. The molecule has 0 aliphatic rings. The van der Waals surface area contributed by atoms with E-state index in [0.717, 1.165) is 47.5 Å². The minimum absolute atomic E-state index is 0.213. The molecular formula is C20H27FN6. The van der Waals surface area contributed by atoms with E-state index in [2.05, 4.69) is 32.6 Å². The molecule has 0 fully saturated rings. The number of hydrogen-bond donors (Lipinski definition) is 3. The van der Waals surface area contributed by atoms with E-state index in [4.69, 9.17) is 0 Å². The van der Waals surface area contributed by atoms with E-state index >= 15 is 0 Å². The number of benzene rings is 1. The van der Waals surface area contributed by atoms with E-state index in [1.54, 1.807) is 19.2 Å². The summed E-state index contributed by atoms with van der Waals surface area (Å²) in [6.45, 7) is 5.63. The highest BCUT2D eigenvalue weighted by Gasteiger charge is 2.09. The van der Waals surface area contributed by atoms with Crippen LogP contribution >= 0.6 is 0 Å². The van der Waals surface area contributed by atoms with Crippen LogP contribution in [-0.4, -0.2) is 40.9 Å². The monoisotopic (exact) mass is 370 g/mol. The predicted octanol–water partition coefficient (Wildman–Crippen LogP) is 2.61. The molecule has 1 aromatic carbocycles. The third-order valence-electron chi connectivity index (χ3n) is 4.97. The van der Waals surface area contributed by atoms with Gasteiger partial charge in [0.15, 0.2) is 5.96 Å². The summed E-state index contributed by atoms with van der Waals surface area (Å²) in [7, 11) is 3.73. The van der Waals surface area contributed by atoms with Crippen LogP contribution in [0.3, 0.4) is 0 Å². The molecule has 0 atom stereocenters. The van der Waals surface area contributed by atoms with Gasteiger partial charge in [-0.15, -0.1) is 0 Å². The molecule has 6 nitrogen and oxygen atoms in total. The van der Waals surface area contributed by atoms with Crippen LogP contribution in [0, 0.1) is 19.7 Å². The molecule has 0 bridgehead atoms. The van der Waals surface area contributed by atoms with Crippen LogP contribution in [0.15, 0.2) is 29.4 Å². The summed E-state index contributed by atoms with van der Waals surface area (Å²) in [4.78, 5) is 7.45. The van der Waals surface area contributed by atoms with Crippen LogP contribution in [0.4, 0.5) is 4.39 Å². The van der Waals surface area contributed by atoms with Gasteiger partial charge >= 0.3 is 0 Å². The maximum absolute atomic E-state index is 13.5. The van der Waals surface area contributed by atoms with Crippen molar-refractivity contribution in [2.24, 2.45) is 12.0 Å². The highest BCUT2D eigenvalue weighted by molar-refractivity contribution is 5.83. The van der Waals surface area contributed by atoms with Crippen molar-refractivity contribution in [1.82, 2.24) is 25.4 Å². The Morgan fingerprint density at radius 2 is 1.96 bits per heavy atom. The lowest BCUT2D eigenvalue weighted by atomic mass is 10.1. The molecule has 0 spiro atoms. The summed E-state index contributed by atoms with van der Waals surface area (Å²) >= 11 is 0. The molecule has 3 aromatic rings. The van der Waals surface area contributed by atoms with Crippen molar-refractivity contribution in [2.45, 2.75) is 26.7 Å². The number of aromatic nitrogens is 3. The van der Waals surface area contributed by atoms with E-state index < -0.39 is 0 Å². The number of aliphatic imine (C=N–C) groups is 1. The van der Waals surface area contributed by atoms with Crippen molar-refractivity contribution >= 4 is 16.9 Å². The molecule has 0 saturated carbocycles. The quantitative estimate of drug-likeness (QED) is 0.461. The van der Waals surface area contributed by atoms with E-state index in [1.165, 1.54) is 17.3 Å². The third-order valence-corrected chi connectivity index (χ3v) is 4.97. The lowest BCUT2D eigenvalue weighted by molar-refractivity contribution is 0.629. The Morgan fingerprint density at radius 1 is 1.22 bits per heavy atom. The molecule has 2 aromatic heterocycles. The third kappa shape index (κ3) is 4.30. The summed E-state index contributed by atoms with van der Waals surface area (Å²) in [6.07, 6.45) is 3.62. The number of aromatic amines is 1. The topological polar surface area (TPSA) is 70.0 Å². The van der Waals surface area contributed by atoms with Gasteiger partial charge in [-0.25, -0.2) is 4.39 Å². The zero-order chi connectivity index (χ0) is 19.4. The van der Waals surface area contributed by atoms with Crippen LogP contribution in [0.5, 0.6) is 0 Å². The molecule has 0 radical (unpaired) electrons. The van der Waals surface area contributed by atoms with E-state index in [9.17, 15) is 4.39 Å². The number of hydrogen-bond acceptors (Lipinski definition) is 2. The Bertz CT molecular complexity index is 953. The first-order chi connectivity index (χ1) is 13.0. The summed E-state index contributed by atoms with van der Waals surface area (Å²) < 4.78 is 15.4. The normalized spacial score (nSPS) is 12.0. The van der Waals surface area contributed by atoms with Gasteiger partial charge in [-0.3, -0.25) is 9.67 Å². The second-order valence-electron chi connectivity index (χ2n) is 6.70. The minimum atomic E-state index is -0.213. The Labute approximate surface area is 158 Å². The van der Waals surface area contributed by atoms with Crippen molar-refractivity contribution in [3.63, 3.8) is 0 Å². The second kappa shape index (κ2) is 8.24. The SMILES string of the molecule is CN=C(NCCc1c(C)nn(C)c1C)NCCc1c[nH]c2ccc(F)cc12. The lowest BCUT2D eigenvalue weighted by Crippen LogP contribution is -2.39. The van der Waals surface area contributed by atoms with Crippen LogP contribution in [-0.2, 0) is 19.9 Å². The van der Waals surface area contributed by atoms with Gasteiger partial charge in [-0.1, -0.05) is 0 Å². The predicted molar refractivity (Wildman–Crippen MR) is 108 cm³/mol. The van der Waals surface area contributed by atoms with Gasteiger partial charge in [0.1, 0.15) is 5.82 Å². The molecule has 0 aliphatic carbocycles. The fourth-order valence-corrected chi connectivity index (χ4v) is 3.38. The average molecular weight is 370 g/mol. The summed E-state index contributed by atoms with van der Waals surface area (Å²) in [6, 6.07) is 4.82. The number of nitrogens with one attached hydrogen (secondary N) is 3. The van der Waals surface area contributed by atoms with Crippen molar-refractivity contribution < 1.29 is 4.39 Å². The van der Waals surface area contributed by atoms with Crippen LogP contribution < -0.4 is 10.6 Å². The molecule has 3 N–H and O–H groups in total. The van der Waals surface area contributed by atoms with Crippen molar-refractivity contribution in [1.29, 1.82) is 0 Å². The maximum Gasteiger partial charge on any atom is 0.190 e. The number of guanidine groups is 1. The highest BCUT2D eigenvalue weighted by atomic mass is 19.1. The second-order valence-corrected chi connectivity index (χ2v) is 6.70. The highest BCUT2D eigenvalue weighted by Crippen LogP contribution is 2.19. The first-order valence-corrected chi connectivity index (χ1v) is 9.18. The largest absolute Gasteiger partial charge is 0.361 e. The fourth-order valence-electron chi connectivity index (χ4n) is 3.38. The Balaban J connectivity index is 1.50. The number of nitrogens with zero attached hydrogens (tertiary/aromatic N) is 3. The van der Waals surface area contributed by atoms with Gasteiger partial charge in [0.05, 0.1) is 5.69 Å². The molecule has 3 rings (SSSR count). The van der Waals surface area contributed by atoms with Crippen LogP contribution in [0.25, 0.3) is 10.9 Å². The molecule has 2 heterocycles. The van der Waals surface area contributed by atoms with Gasteiger partial charge in [0, 0.05) is 50.0 Å². The Kier molecular flexibility index (Phi) is 5.78. The molecular weight excluding hydrogens is 343 g/mol. The zero-order valence-corrected chi connectivity index (χ0v) is 16.4. The van der Waals surface area contributed by atoms with E-state index in [0.29, 0.717) is 6.54 Å². The minimum Gasteiger partial charge on any atom is -0.361 e. The van der Waals surface area contributed by atoms with Gasteiger partial charge in [-0.05, 0) is 56.0 Å². The number of halogens is 1. The first kappa shape index (κ1) is 18.9. The van der Waals surface area contributed by atoms with Crippen molar-refractivity contribution in [3.8, 4) is 0 Å². The fraction of sp³-hybridized carbons (Fsp3) is 0.400. The molecule has 27 heavy (non-hydrogen) atoms. The molecule has 0 aliphatic heterocycles. The molecule has 0 amide bonds. The molecule has 7 heteroatoms. The van der Waals surface area contributed by atoms with Crippen LogP contribution in [0.2, 0.25) is 0 Å². The van der Waals surface area contributed by atoms with E-state index in [-0.39, 0.29) is 5.82 Å². The summed E-state index contributed by atoms with van der Waals surface area (Å²) in [5.74, 6) is 0.551. The van der Waals surface area contributed by atoms with Crippen molar-refractivity contribution in [3.05, 3.63) is 52.7 Å². The number of H-pyrrole nitrogens is 1. The van der Waals surface area contributed by atoms with Gasteiger partial charge in [-0.2, -0.15) is 5.10 Å². The lowest BCUT2D eigenvalue weighted by Gasteiger charge is -2.12.